The van der Waals surface area contributed by atoms with Crippen LogP contribution in [0.4, 0.5) is 5.82 Å². The largest absolute Gasteiger partial charge is 0.496 e. The van der Waals surface area contributed by atoms with Crippen molar-refractivity contribution in [1.82, 2.24) is 14.5 Å². The molecule has 2 aromatic carbocycles. The van der Waals surface area contributed by atoms with Crippen LogP contribution < -0.4 is 10.1 Å². The van der Waals surface area contributed by atoms with Gasteiger partial charge in [-0.2, -0.15) is 0 Å². The minimum absolute atomic E-state index is 0.126. The molecule has 7 heteroatoms. The number of H-pyrrole nitrogens is 1. The lowest BCUT2D eigenvalue weighted by atomic mass is 10.1. The van der Waals surface area contributed by atoms with Crippen molar-refractivity contribution in [3.8, 4) is 17.1 Å². The average molecular weight is 445 g/mol. The molecule has 2 N–H and O–H groups in total. The molecular weight excluding hydrogens is 416 g/mol. The number of carbonyl (C=O) groups is 1. The summed E-state index contributed by atoms with van der Waals surface area (Å²) < 4.78 is 13.5. The number of nitrogens with one attached hydrogen (secondary N) is 2. The molecule has 1 aliphatic rings. The summed E-state index contributed by atoms with van der Waals surface area (Å²) in [5, 5.41) is 3.18. The molecule has 4 aromatic rings. The van der Waals surface area contributed by atoms with E-state index < -0.39 is 0 Å². The van der Waals surface area contributed by atoms with Gasteiger partial charge in [0.25, 0.3) is 5.91 Å². The first-order valence-electron chi connectivity index (χ1n) is 11.3. The minimum Gasteiger partial charge on any atom is -0.496 e. The lowest BCUT2D eigenvalue weighted by Crippen LogP contribution is -2.21. The van der Waals surface area contributed by atoms with E-state index in [1.165, 1.54) is 0 Å². The zero-order valence-corrected chi connectivity index (χ0v) is 19.1. The number of methoxy groups -OCH3 is 1. The number of imidazole rings is 1. The number of aromatic amines is 1. The number of fused-ring (bicyclic) bond motifs is 1. The summed E-state index contributed by atoms with van der Waals surface area (Å²) >= 11 is 0. The SMILES string of the molecule is COc1ccccc1C(=O)Nc1c(-c2nc3ccccc3[nH]2)c(C)c(C)n1CC1CCCO1. The van der Waals surface area contributed by atoms with Gasteiger partial charge in [0.15, 0.2) is 0 Å². The number of hydrogen-bond acceptors (Lipinski definition) is 4. The molecule has 170 valence electrons. The molecule has 2 aromatic heterocycles. The third-order valence-electron chi connectivity index (χ3n) is 6.45. The van der Waals surface area contributed by atoms with Crippen LogP contribution in [0.5, 0.6) is 5.75 Å². The number of rotatable bonds is 6. The lowest BCUT2D eigenvalue weighted by Gasteiger charge is -2.18. The Labute approximate surface area is 192 Å². The molecule has 1 amide bonds. The van der Waals surface area contributed by atoms with E-state index in [9.17, 15) is 4.79 Å². The van der Waals surface area contributed by atoms with Crippen molar-refractivity contribution in [3.63, 3.8) is 0 Å². The van der Waals surface area contributed by atoms with Crippen LogP contribution in [0.25, 0.3) is 22.4 Å². The summed E-state index contributed by atoms with van der Waals surface area (Å²) in [5.41, 5.74) is 5.37. The third kappa shape index (κ3) is 3.89. The normalized spacial score (nSPS) is 15.8. The highest BCUT2D eigenvalue weighted by Gasteiger charge is 2.27. The summed E-state index contributed by atoms with van der Waals surface area (Å²) in [6.07, 6.45) is 2.20. The minimum atomic E-state index is -0.226. The smallest absolute Gasteiger partial charge is 0.260 e. The molecule has 5 rings (SSSR count). The molecular formula is C26H28N4O3. The predicted octanol–water partition coefficient (Wildman–Crippen LogP) is 5.09. The maximum atomic E-state index is 13.4. The molecule has 1 aliphatic heterocycles. The second-order valence-corrected chi connectivity index (χ2v) is 8.44. The van der Waals surface area contributed by atoms with Crippen LogP contribution in [0.2, 0.25) is 0 Å². The van der Waals surface area contributed by atoms with Gasteiger partial charge >= 0.3 is 0 Å². The van der Waals surface area contributed by atoms with Crippen molar-refractivity contribution in [2.75, 3.05) is 19.0 Å². The first kappa shape index (κ1) is 21.3. The van der Waals surface area contributed by atoms with Gasteiger partial charge in [-0.25, -0.2) is 4.98 Å². The van der Waals surface area contributed by atoms with Crippen molar-refractivity contribution in [1.29, 1.82) is 0 Å². The van der Waals surface area contributed by atoms with Crippen LogP contribution in [0, 0.1) is 13.8 Å². The molecule has 33 heavy (non-hydrogen) atoms. The average Bonchev–Trinajstić information content (AvgIpc) is 3.55. The molecule has 1 saturated heterocycles. The Bertz CT molecular complexity index is 1280. The van der Waals surface area contributed by atoms with E-state index in [0.717, 1.165) is 58.9 Å². The number of nitrogens with zero attached hydrogens (tertiary/aromatic N) is 2. The summed E-state index contributed by atoms with van der Waals surface area (Å²) in [4.78, 5) is 21.7. The third-order valence-corrected chi connectivity index (χ3v) is 6.45. The second-order valence-electron chi connectivity index (χ2n) is 8.44. The van der Waals surface area contributed by atoms with Gasteiger partial charge in [-0.05, 0) is 56.5 Å². The summed E-state index contributed by atoms with van der Waals surface area (Å²) in [5.74, 6) is 1.76. The van der Waals surface area contributed by atoms with E-state index in [-0.39, 0.29) is 12.0 Å². The van der Waals surface area contributed by atoms with E-state index in [1.807, 2.05) is 36.4 Å². The van der Waals surface area contributed by atoms with Gasteiger partial charge in [0, 0.05) is 12.3 Å². The van der Waals surface area contributed by atoms with Gasteiger partial charge in [-0.1, -0.05) is 24.3 Å². The Morgan fingerprint density at radius 2 is 2.00 bits per heavy atom. The van der Waals surface area contributed by atoms with Crippen molar-refractivity contribution in [3.05, 3.63) is 65.4 Å². The van der Waals surface area contributed by atoms with Crippen molar-refractivity contribution in [2.45, 2.75) is 39.3 Å². The first-order chi connectivity index (χ1) is 16.1. The van der Waals surface area contributed by atoms with Crippen LogP contribution in [0.3, 0.4) is 0 Å². The standard InChI is InChI=1S/C26H28N4O3/c1-16-17(2)30(15-18-9-8-14-33-18)25(29-26(31)19-10-4-7-13-22(19)32-3)23(16)24-27-20-11-5-6-12-21(20)28-24/h4-7,10-13,18H,8-9,14-15H2,1-3H3,(H,27,28)(H,29,31). The van der Waals surface area contributed by atoms with Gasteiger partial charge in [0.2, 0.25) is 0 Å². The summed E-state index contributed by atoms with van der Waals surface area (Å²) in [7, 11) is 1.57. The maximum Gasteiger partial charge on any atom is 0.260 e. The molecule has 0 aliphatic carbocycles. The number of aromatic nitrogens is 3. The van der Waals surface area contributed by atoms with E-state index in [2.05, 4.69) is 28.7 Å². The molecule has 0 spiro atoms. The van der Waals surface area contributed by atoms with E-state index in [4.69, 9.17) is 14.5 Å². The van der Waals surface area contributed by atoms with Gasteiger partial charge in [0.1, 0.15) is 17.4 Å². The van der Waals surface area contributed by atoms with Crippen molar-refractivity contribution in [2.24, 2.45) is 0 Å². The van der Waals surface area contributed by atoms with E-state index >= 15 is 0 Å². The van der Waals surface area contributed by atoms with E-state index in [0.29, 0.717) is 17.9 Å². The molecule has 0 bridgehead atoms. The lowest BCUT2D eigenvalue weighted by molar-refractivity contribution is 0.0962. The Morgan fingerprint density at radius 3 is 2.76 bits per heavy atom. The van der Waals surface area contributed by atoms with E-state index in [1.54, 1.807) is 19.2 Å². The van der Waals surface area contributed by atoms with Crippen LogP contribution in [-0.4, -0.2) is 40.3 Å². The fourth-order valence-electron chi connectivity index (χ4n) is 4.58. The number of hydrogen-bond donors (Lipinski definition) is 2. The number of anilines is 1. The summed E-state index contributed by atoms with van der Waals surface area (Å²) in [6, 6.07) is 15.2. The number of benzene rings is 2. The van der Waals surface area contributed by atoms with Crippen LogP contribution in [0.1, 0.15) is 34.5 Å². The fourth-order valence-corrected chi connectivity index (χ4v) is 4.58. The predicted molar refractivity (Wildman–Crippen MR) is 129 cm³/mol. The van der Waals surface area contributed by atoms with Crippen molar-refractivity contribution < 1.29 is 14.3 Å². The zero-order chi connectivity index (χ0) is 22.9. The van der Waals surface area contributed by atoms with Gasteiger partial charge < -0.3 is 24.3 Å². The molecule has 1 atom stereocenters. The van der Waals surface area contributed by atoms with Gasteiger partial charge in [-0.3, -0.25) is 4.79 Å². The topological polar surface area (TPSA) is 81.2 Å². The molecule has 1 fully saturated rings. The number of para-hydroxylation sites is 3. The monoisotopic (exact) mass is 444 g/mol. The Morgan fingerprint density at radius 1 is 1.21 bits per heavy atom. The number of ether oxygens (including phenoxy) is 2. The molecule has 7 nitrogen and oxygen atoms in total. The maximum absolute atomic E-state index is 13.4. The van der Waals surface area contributed by atoms with Crippen LogP contribution >= 0.6 is 0 Å². The molecule has 0 saturated carbocycles. The molecule has 3 heterocycles. The Balaban J connectivity index is 1.62. The fraction of sp³-hybridized carbons (Fsp3) is 0.308. The highest BCUT2D eigenvalue weighted by molar-refractivity contribution is 6.07. The number of amides is 1. The molecule has 1 unspecified atom stereocenters. The first-order valence-corrected chi connectivity index (χ1v) is 11.3. The van der Waals surface area contributed by atoms with Gasteiger partial charge in [0.05, 0.1) is 41.9 Å². The van der Waals surface area contributed by atoms with Gasteiger partial charge in [-0.15, -0.1) is 0 Å². The second kappa shape index (κ2) is 8.75. The van der Waals surface area contributed by atoms with Crippen molar-refractivity contribution >= 4 is 22.8 Å². The Hall–Kier alpha value is -3.58. The zero-order valence-electron chi connectivity index (χ0n) is 19.1. The summed E-state index contributed by atoms with van der Waals surface area (Å²) in [6.45, 7) is 5.61. The Kier molecular flexibility index (Phi) is 5.64. The highest BCUT2D eigenvalue weighted by Crippen LogP contribution is 2.37. The highest BCUT2D eigenvalue weighted by atomic mass is 16.5. The van der Waals surface area contributed by atoms with Crippen LogP contribution in [0.15, 0.2) is 48.5 Å². The van der Waals surface area contributed by atoms with Crippen LogP contribution in [-0.2, 0) is 11.3 Å². The quantitative estimate of drug-likeness (QED) is 0.434. The molecule has 0 radical (unpaired) electrons. The number of carbonyl (C=O) groups excluding carboxylic acids is 1.